The summed E-state index contributed by atoms with van der Waals surface area (Å²) in [6, 6.07) is 5.09. The molecule has 2 atom stereocenters. The van der Waals surface area contributed by atoms with Crippen molar-refractivity contribution in [2.24, 2.45) is 10.7 Å². The fraction of sp³-hybridized carbons (Fsp3) is 0.458. The zero-order valence-electron chi connectivity index (χ0n) is 21.3. The number of hydrogen-bond acceptors (Lipinski definition) is 9. The molecular formula is C24H34N7O4S+. The van der Waals surface area contributed by atoms with Crippen LogP contribution in [-0.4, -0.2) is 78.9 Å². The number of aliphatic imine (C=N–C) groups is 1. The van der Waals surface area contributed by atoms with Crippen LogP contribution in [0.25, 0.3) is 0 Å². The molecule has 3 heterocycles. The zero-order chi connectivity index (χ0) is 26.0. The van der Waals surface area contributed by atoms with Gasteiger partial charge in [0.25, 0.3) is 5.91 Å². The van der Waals surface area contributed by atoms with E-state index in [1.54, 1.807) is 35.0 Å². The zero-order valence-corrected chi connectivity index (χ0v) is 22.1. The molecule has 12 heteroatoms. The number of anilines is 2. The van der Waals surface area contributed by atoms with Crippen LogP contribution in [0.4, 0.5) is 16.2 Å². The van der Waals surface area contributed by atoms with Crippen molar-refractivity contribution in [2.45, 2.75) is 32.4 Å². The highest BCUT2D eigenvalue weighted by Crippen LogP contribution is 2.32. The third-order valence-corrected chi connectivity index (χ3v) is 6.78. The van der Waals surface area contributed by atoms with Gasteiger partial charge in [0.2, 0.25) is 11.9 Å². The van der Waals surface area contributed by atoms with Gasteiger partial charge >= 0.3 is 6.09 Å². The van der Waals surface area contributed by atoms with Crippen LogP contribution in [-0.2, 0) is 9.53 Å². The smallest absolute Gasteiger partial charge is 0.410 e. The summed E-state index contributed by atoms with van der Waals surface area (Å²) in [4.78, 5) is 34.0. The first kappa shape index (κ1) is 25.7. The average Bonchev–Trinajstić information content (AvgIpc) is 3.32. The molecule has 2 unspecified atom stereocenters. The van der Waals surface area contributed by atoms with Crippen molar-refractivity contribution in [3.05, 3.63) is 41.8 Å². The van der Waals surface area contributed by atoms with Crippen LogP contribution < -0.4 is 25.7 Å². The van der Waals surface area contributed by atoms with Crippen LogP contribution in [0.5, 0.6) is 5.75 Å². The molecule has 1 aromatic carbocycles. The van der Waals surface area contributed by atoms with Crippen molar-refractivity contribution in [3.8, 4) is 5.75 Å². The lowest BCUT2D eigenvalue weighted by atomic mass is 10.2. The van der Waals surface area contributed by atoms with Crippen LogP contribution in [0.15, 0.2) is 46.8 Å². The monoisotopic (exact) mass is 516 g/mol. The number of methoxy groups -OCH3 is 1. The second kappa shape index (κ2) is 10.3. The van der Waals surface area contributed by atoms with Crippen molar-refractivity contribution >= 4 is 41.0 Å². The first-order valence-corrected chi connectivity index (χ1v) is 13.0. The van der Waals surface area contributed by atoms with Gasteiger partial charge in [-0.1, -0.05) is 11.8 Å². The standard InChI is InChI=1S/C24H33N7O4S/c1-24(2,3)35-23(33)29-12-10-28(11-13-29)16-6-7-17(18(14-16)34-4)27-31-15-19(36-5)30-9-8-26-22(30)20(31)21(25)32/h6-9,14-15,20,27H,10-13H2,1-5H3,(H2,25,32)/p+1. The van der Waals surface area contributed by atoms with E-state index in [4.69, 9.17) is 15.2 Å². The highest BCUT2D eigenvalue weighted by atomic mass is 32.2. The van der Waals surface area contributed by atoms with Gasteiger partial charge in [-0.15, -0.1) is 0 Å². The van der Waals surface area contributed by atoms with Crippen LogP contribution in [0.3, 0.4) is 0 Å². The minimum Gasteiger partial charge on any atom is -0.494 e. The van der Waals surface area contributed by atoms with Gasteiger partial charge in [0, 0.05) is 37.9 Å². The number of carbonyl (C=O) groups excluding carboxylic acids is 2. The van der Waals surface area contributed by atoms with Crippen LogP contribution >= 0.6 is 11.8 Å². The fourth-order valence-corrected chi connectivity index (χ4v) is 4.90. The molecule has 1 fully saturated rings. The van der Waals surface area contributed by atoms with Crippen molar-refractivity contribution in [2.75, 3.05) is 49.9 Å². The molecule has 0 bridgehead atoms. The van der Waals surface area contributed by atoms with Crippen molar-refractivity contribution < 1.29 is 24.0 Å². The Kier molecular flexibility index (Phi) is 7.36. The average molecular weight is 517 g/mol. The number of piperazine rings is 1. The number of thioether (sulfide) groups is 1. The molecule has 4 N–H and O–H groups in total. The number of carbonyl (C=O) groups is 2. The Morgan fingerprint density at radius 2 is 1.94 bits per heavy atom. The predicted molar refractivity (Wildman–Crippen MR) is 141 cm³/mol. The number of quaternary nitrogens is 1. The number of amidine groups is 1. The van der Waals surface area contributed by atoms with Crippen molar-refractivity contribution in [1.29, 1.82) is 0 Å². The lowest BCUT2D eigenvalue weighted by Gasteiger charge is -2.37. The van der Waals surface area contributed by atoms with E-state index < -0.39 is 17.6 Å². The predicted octanol–water partition coefficient (Wildman–Crippen LogP) is 1.18. The summed E-state index contributed by atoms with van der Waals surface area (Å²) < 4.78 is 11.2. The van der Waals surface area contributed by atoms with Gasteiger partial charge in [-0.3, -0.25) is 15.2 Å². The number of nitrogens with one attached hydrogen (secondary N) is 2. The molecule has 194 valence electrons. The number of amides is 2. The molecule has 0 spiro atoms. The summed E-state index contributed by atoms with van der Waals surface area (Å²) in [6.45, 7) is 8.10. The van der Waals surface area contributed by atoms with E-state index in [9.17, 15) is 9.59 Å². The number of benzene rings is 1. The quantitative estimate of drug-likeness (QED) is 0.516. The van der Waals surface area contributed by atoms with E-state index in [0.717, 1.165) is 15.6 Å². The number of fused-ring (bicyclic) bond motifs is 1. The van der Waals surface area contributed by atoms with Gasteiger partial charge in [0.05, 0.1) is 25.2 Å². The van der Waals surface area contributed by atoms with E-state index in [1.165, 1.54) is 0 Å². The van der Waals surface area contributed by atoms with E-state index in [2.05, 4.69) is 15.3 Å². The van der Waals surface area contributed by atoms with Gasteiger partial charge in [0.15, 0.2) is 5.03 Å². The number of nitrogens with zero attached hydrogens (tertiary/aromatic N) is 4. The maximum absolute atomic E-state index is 12.4. The van der Waals surface area contributed by atoms with Gasteiger partial charge in [0.1, 0.15) is 17.6 Å². The van der Waals surface area contributed by atoms with Crippen molar-refractivity contribution in [1.82, 2.24) is 9.91 Å². The summed E-state index contributed by atoms with van der Waals surface area (Å²) in [7, 11) is 1.60. The summed E-state index contributed by atoms with van der Waals surface area (Å²) in [6.07, 6.45) is 7.14. The largest absolute Gasteiger partial charge is 0.494 e. The van der Waals surface area contributed by atoms with Gasteiger partial charge in [-0.2, -0.15) is 0 Å². The minimum absolute atomic E-state index is 0.287. The van der Waals surface area contributed by atoms with E-state index >= 15 is 0 Å². The van der Waals surface area contributed by atoms with Crippen LogP contribution in [0.1, 0.15) is 20.8 Å². The molecule has 0 saturated carbocycles. The van der Waals surface area contributed by atoms with Crippen LogP contribution in [0.2, 0.25) is 0 Å². The molecule has 1 aromatic rings. The molecule has 3 aliphatic rings. The van der Waals surface area contributed by atoms with Gasteiger partial charge < -0.3 is 25.0 Å². The number of hydrogen-bond donors (Lipinski definition) is 3. The Balaban J connectivity index is 1.48. The summed E-state index contributed by atoms with van der Waals surface area (Å²) in [5, 5.41) is 2.66. The van der Waals surface area contributed by atoms with Gasteiger partial charge in [-0.25, -0.2) is 14.7 Å². The first-order valence-electron chi connectivity index (χ1n) is 11.7. The highest BCUT2D eigenvalue weighted by Gasteiger charge is 2.43. The number of hydrazine groups is 1. The normalized spacial score (nSPS) is 21.5. The second-order valence-electron chi connectivity index (χ2n) is 9.60. The number of primary amides is 1. The maximum Gasteiger partial charge on any atom is 0.410 e. The first-order chi connectivity index (χ1) is 17.1. The summed E-state index contributed by atoms with van der Waals surface area (Å²) >= 11 is 1.57. The topological polar surface area (TPSA) is 117 Å². The third-order valence-electron chi connectivity index (χ3n) is 6.01. The second-order valence-corrected chi connectivity index (χ2v) is 10.5. The SMILES string of the molecule is COc1cc(N2CCN(C(=O)OC(C)(C)C)CC2)ccc1NN1C=C(SC)[NH+]2C=CN=C2C1C(N)=O. The van der Waals surface area contributed by atoms with E-state index in [-0.39, 0.29) is 6.09 Å². The molecule has 36 heavy (non-hydrogen) atoms. The molecule has 11 nitrogen and oxygen atoms in total. The Morgan fingerprint density at radius 3 is 2.56 bits per heavy atom. The lowest BCUT2D eigenvalue weighted by molar-refractivity contribution is -0.691. The molecule has 0 radical (unpaired) electrons. The molecule has 4 rings (SSSR count). The fourth-order valence-electron chi connectivity index (χ4n) is 4.29. The summed E-state index contributed by atoms with van der Waals surface area (Å²) in [5.41, 5.74) is 10.2. The molecule has 1 saturated heterocycles. The number of nitrogens with two attached hydrogens (primary N) is 1. The number of ether oxygens (including phenoxy) is 2. The molecular weight excluding hydrogens is 482 g/mol. The number of rotatable bonds is 6. The minimum atomic E-state index is -0.754. The van der Waals surface area contributed by atoms with Crippen molar-refractivity contribution in [3.63, 3.8) is 0 Å². The Hall–Kier alpha value is -3.38. The lowest BCUT2D eigenvalue weighted by Crippen LogP contribution is -3.10. The highest BCUT2D eigenvalue weighted by molar-refractivity contribution is 8.02. The molecule has 3 aliphatic heterocycles. The summed E-state index contributed by atoms with van der Waals surface area (Å²) in [5.74, 6) is 0.739. The van der Waals surface area contributed by atoms with Gasteiger partial charge in [-0.05, 0) is 39.2 Å². The maximum atomic E-state index is 12.4. The van der Waals surface area contributed by atoms with E-state index in [0.29, 0.717) is 43.5 Å². The molecule has 2 amide bonds. The Morgan fingerprint density at radius 1 is 1.22 bits per heavy atom. The van der Waals surface area contributed by atoms with E-state index in [1.807, 2.05) is 57.6 Å². The Labute approximate surface area is 215 Å². The molecule has 0 aromatic heterocycles. The Bertz CT molecular complexity index is 1110. The van der Waals surface area contributed by atoms with Crippen LogP contribution in [0, 0.1) is 0 Å². The third kappa shape index (κ3) is 5.39. The molecule has 0 aliphatic carbocycles.